The molecule has 7 heteroatoms. The molecule has 1 heterocycles. The molecule has 1 fully saturated rings. The summed E-state index contributed by atoms with van der Waals surface area (Å²) in [6, 6.07) is 0. The third kappa shape index (κ3) is 6.49. The quantitative estimate of drug-likeness (QED) is 0.451. The Morgan fingerprint density at radius 2 is 1.70 bits per heavy atom. The normalized spacial score (nSPS) is 17.1. The summed E-state index contributed by atoms with van der Waals surface area (Å²) >= 11 is 0. The molecule has 0 aromatic rings. The molecule has 0 spiro atoms. The van der Waals surface area contributed by atoms with Gasteiger partial charge in [-0.1, -0.05) is 0 Å². The molecular formula is C13H28N2O4S. The standard InChI is InChI=1S/C13H28N2O4S/c1-3-18-13(19-4-2)7-8-14-9-12-20(16,17)15-10-5-6-11-15/h13-14H,3-12H2,1-2H3. The van der Waals surface area contributed by atoms with E-state index in [0.717, 1.165) is 19.3 Å². The van der Waals surface area contributed by atoms with Gasteiger partial charge in [0.05, 0.1) is 5.75 Å². The van der Waals surface area contributed by atoms with Crippen LogP contribution < -0.4 is 5.32 Å². The molecule has 0 atom stereocenters. The van der Waals surface area contributed by atoms with E-state index in [-0.39, 0.29) is 12.0 Å². The molecule has 0 radical (unpaired) electrons. The number of nitrogens with zero attached hydrogens (tertiary/aromatic N) is 1. The largest absolute Gasteiger partial charge is 0.353 e. The van der Waals surface area contributed by atoms with E-state index in [9.17, 15) is 8.42 Å². The molecular weight excluding hydrogens is 280 g/mol. The summed E-state index contributed by atoms with van der Waals surface area (Å²) < 4.78 is 36.4. The first-order valence-electron chi connectivity index (χ1n) is 7.52. The van der Waals surface area contributed by atoms with Gasteiger partial charge in [-0.05, 0) is 33.2 Å². The van der Waals surface area contributed by atoms with E-state index >= 15 is 0 Å². The third-order valence-electron chi connectivity index (χ3n) is 3.26. The summed E-state index contributed by atoms with van der Waals surface area (Å²) in [7, 11) is -3.07. The van der Waals surface area contributed by atoms with Crippen LogP contribution in [0.5, 0.6) is 0 Å². The highest BCUT2D eigenvalue weighted by molar-refractivity contribution is 7.89. The Kier molecular flexibility index (Phi) is 8.63. The van der Waals surface area contributed by atoms with Gasteiger partial charge in [0.2, 0.25) is 10.0 Å². The summed E-state index contributed by atoms with van der Waals surface area (Å²) in [5.74, 6) is 0.168. The highest BCUT2D eigenvalue weighted by Crippen LogP contribution is 2.12. The minimum absolute atomic E-state index is 0.168. The van der Waals surface area contributed by atoms with Gasteiger partial charge >= 0.3 is 0 Å². The fraction of sp³-hybridized carbons (Fsp3) is 1.00. The molecule has 1 aliphatic rings. The van der Waals surface area contributed by atoms with Crippen LogP contribution in [0.15, 0.2) is 0 Å². The molecule has 1 rings (SSSR count). The van der Waals surface area contributed by atoms with Gasteiger partial charge in [0.1, 0.15) is 0 Å². The first kappa shape index (κ1) is 17.8. The van der Waals surface area contributed by atoms with Crippen molar-refractivity contribution in [2.24, 2.45) is 0 Å². The van der Waals surface area contributed by atoms with E-state index < -0.39 is 10.0 Å². The number of hydrogen-bond donors (Lipinski definition) is 1. The maximum Gasteiger partial charge on any atom is 0.215 e. The van der Waals surface area contributed by atoms with Crippen molar-refractivity contribution in [3.8, 4) is 0 Å². The summed E-state index contributed by atoms with van der Waals surface area (Å²) in [5, 5.41) is 3.15. The molecule has 20 heavy (non-hydrogen) atoms. The fourth-order valence-corrected chi connectivity index (χ4v) is 3.70. The number of ether oxygens (including phenoxy) is 2. The van der Waals surface area contributed by atoms with Gasteiger partial charge in [-0.2, -0.15) is 0 Å². The van der Waals surface area contributed by atoms with Crippen LogP contribution in [0.25, 0.3) is 0 Å². The van der Waals surface area contributed by atoms with Crippen LogP contribution in [0.1, 0.15) is 33.1 Å². The topological polar surface area (TPSA) is 67.9 Å². The second-order valence-electron chi connectivity index (χ2n) is 4.80. The van der Waals surface area contributed by atoms with Gasteiger partial charge in [-0.3, -0.25) is 0 Å². The zero-order valence-electron chi connectivity index (χ0n) is 12.6. The Bertz CT molecular complexity index is 336. The molecule has 1 aliphatic heterocycles. The monoisotopic (exact) mass is 308 g/mol. The van der Waals surface area contributed by atoms with Crippen molar-refractivity contribution in [2.45, 2.75) is 39.4 Å². The van der Waals surface area contributed by atoms with Crippen molar-refractivity contribution >= 4 is 10.0 Å². The van der Waals surface area contributed by atoms with Gasteiger partial charge in [-0.25, -0.2) is 12.7 Å². The van der Waals surface area contributed by atoms with Gasteiger partial charge < -0.3 is 14.8 Å². The van der Waals surface area contributed by atoms with E-state index in [4.69, 9.17) is 9.47 Å². The van der Waals surface area contributed by atoms with E-state index in [1.54, 1.807) is 4.31 Å². The summed E-state index contributed by atoms with van der Waals surface area (Å²) in [6.45, 7) is 7.63. The van der Waals surface area contributed by atoms with Crippen molar-refractivity contribution < 1.29 is 17.9 Å². The van der Waals surface area contributed by atoms with Gasteiger partial charge in [0.25, 0.3) is 0 Å². The summed E-state index contributed by atoms with van der Waals surface area (Å²) in [6.07, 6.45) is 2.49. The maximum absolute atomic E-state index is 12.0. The Hall–Kier alpha value is -0.210. The number of hydrogen-bond acceptors (Lipinski definition) is 5. The molecule has 120 valence electrons. The van der Waals surface area contributed by atoms with E-state index in [1.807, 2.05) is 13.8 Å². The Morgan fingerprint density at radius 3 is 2.25 bits per heavy atom. The summed E-state index contributed by atoms with van der Waals surface area (Å²) in [4.78, 5) is 0. The predicted octanol–water partition coefficient (Wildman–Crippen LogP) is 0.791. The first-order chi connectivity index (χ1) is 9.60. The molecule has 0 aromatic heterocycles. The van der Waals surface area contributed by atoms with Crippen LogP contribution in [-0.2, 0) is 19.5 Å². The lowest BCUT2D eigenvalue weighted by atomic mass is 10.4. The smallest absolute Gasteiger partial charge is 0.215 e. The first-order valence-corrected chi connectivity index (χ1v) is 9.12. The maximum atomic E-state index is 12.0. The SMILES string of the molecule is CCOC(CCNCCS(=O)(=O)N1CCCC1)OCC. The predicted molar refractivity (Wildman–Crippen MR) is 79.1 cm³/mol. The lowest BCUT2D eigenvalue weighted by molar-refractivity contribution is -0.138. The highest BCUT2D eigenvalue weighted by Gasteiger charge is 2.24. The molecule has 6 nitrogen and oxygen atoms in total. The minimum Gasteiger partial charge on any atom is -0.353 e. The van der Waals surface area contributed by atoms with Crippen molar-refractivity contribution in [3.63, 3.8) is 0 Å². The van der Waals surface area contributed by atoms with Crippen LogP contribution in [0.2, 0.25) is 0 Å². The van der Waals surface area contributed by atoms with Crippen molar-refractivity contribution in [1.29, 1.82) is 0 Å². The van der Waals surface area contributed by atoms with Crippen LogP contribution in [0.4, 0.5) is 0 Å². The molecule has 0 aromatic carbocycles. The molecule has 0 unspecified atom stereocenters. The molecule has 1 saturated heterocycles. The van der Waals surface area contributed by atoms with E-state index in [1.165, 1.54) is 0 Å². The van der Waals surface area contributed by atoms with Gasteiger partial charge in [0.15, 0.2) is 6.29 Å². The number of sulfonamides is 1. The second-order valence-corrected chi connectivity index (χ2v) is 6.89. The minimum atomic E-state index is -3.07. The molecule has 0 amide bonds. The van der Waals surface area contributed by atoms with E-state index in [2.05, 4.69) is 5.32 Å². The lowest BCUT2D eigenvalue weighted by Gasteiger charge is -2.18. The van der Waals surface area contributed by atoms with Crippen molar-refractivity contribution in [3.05, 3.63) is 0 Å². The number of nitrogens with one attached hydrogen (secondary N) is 1. The molecule has 0 aliphatic carbocycles. The zero-order valence-corrected chi connectivity index (χ0v) is 13.5. The highest BCUT2D eigenvalue weighted by atomic mass is 32.2. The fourth-order valence-electron chi connectivity index (χ4n) is 2.23. The molecule has 1 N–H and O–H groups in total. The average Bonchev–Trinajstić information content (AvgIpc) is 2.93. The van der Waals surface area contributed by atoms with Crippen LogP contribution in [0.3, 0.4) is 0 Å². The van der Waals surface area contributed by atoms with Crippen LogP contribution >= 0.6 is 0 Å². The Morgan fingerprint density at radius 1 is 1.10 bits per heavy atom. The zero-order chi connectivity index (χ0) is 14.8. The van der Waals surface area contributed by atoms with Crippen molar-refractivity contribution in [1.82, 2.24) is 9.62 Å². The Balaban J connectivity index is 2.14. The molecule has 0 bridgehead atoms. The lowest BCUT2D eigenvalue weighted by Crippen LogP contribution is -2.35. The van der Waals surface area contributed by atoms with Gasteiger partial charge in [-0.15, -0.1) is 0 Å². The number of rotatable bonds is 11. The third-order valence-corrected chi connectivity index (χ3v) is 5.13. The summed E-state index contributed by atoms with van der Waals surface area (Å²) in [5.41, 5.74) is 0. The van der Waals surface area contributed by atoms with Crippen LogP contribution in [-0.4, -0.2) is 64.2 Å². The van der Waals surface area contributed by atoms with Crippen LogP contribution in [0, 0.1) is 0 Å². The van der Waals surface area contributed by atoms with Crippen molar-refractivity contribution in [2.75, 3.05) is 45.1 Å². The van der Waals surface area contributed by atoms with Gasteiger partial charge in [0, 0.05) is 39.3 Å². The van der Waals surface area contributed by atoms with E-state index in [0.29, 0.717) is 39.4 Å². The average molecular weight is 308 g/mol. The molecule has 0 saturated carbocycles. The second kappa shape index (κ2) is 9.68. The Labute approximate surface area is 122 Å².